The zero-order chi connectivity index (χ0) is 8.39. The van der Waals surface area contributed by atoms with Crippen LogP contribution in [0.15, 0.2) is 18.2 Å². The van der Waals surface area contributed by atoms with Crippen molar-refractivity contribution in [2.75, 3.05) is 0 Å². The average molecular weight is 161 g/mol. The third kappa shape index (κ3) is 1.18. The van der Waals surface area contributed by atoms with Crippen LogP contribution < -0.4 is 0 Å². The Morgan fingerprint density at radius 2 is 2.08 bits per heavy atom. The Hall–Kier alpha value is -1.38. The maximum atomic E-state index is 4.03. The van der Waals surface area contributed by atoms with Crippen LogP contribution in [0.4, 0.5) is 0 Å². The monoisotopic (exact) mass is 161 g/mol. The van der Waals surface area contributed by atoms with Gasteiger partial charge in [0.05, 0.1) is 0 Å². The molecule has 3 nitrogen and oxygen atoms in total. The summed E-state index contributed by atoms with van der Waals surface area (Å²) >= 11 is 0. The molecule has 1 N–H and O–H groups in total. The minimum absolute atomic E-state index is 0.940. The summed E-state index contributed by atoms with van der Waals surface area (Å²) in [6, 6.07) is 6.19. The van der Waals surface area contributed by atoms with Crippen LogP contribution in [0.1, 0.15) is 18.9 Å². The fourth-order valence-corrected chi connectivity index (χ4v) is 1.33. The molecular formula is C9H11N3. The number of nitrogens with one attached hydrogen (secondary N) is 1. The minimum atomic E-state index is 0.940. The lowest BCUT2D eigenvalue weighted by atomic mass is 10.1. The molecule has 0 unspecified atom stereocenters. The molecule has 3 heteroatoms. The van der Waals surface area contributed by atoms with Crippen molar-refractivity contribution in [1.82, 2.24) is 15.4 Å². The molecule has 0 saturated carbocycles. The first kappa shape index (κ1) is 7.28. The van der Waals surface area contributed by atoms with Gasteiger partial charge in [-0.1, -0.05) is 19.4 Å². The van der Waals surface area contributed by atoms with Gasteiger partial charge in [-0.2, -0.15) is 15.4 Å². The van der Waals surface area contributed by atoms with Crippen molar-refractivity contribution >= 4 is 11.0 Å². The molecule has 2 aromatic rings. The molecule has 62 valence electrons. The van der Waals surface area contributed by atoms with Gasteiger partial charge in [0.25, 0.3) is 0 Å². The normalized spacial score (nSPS) is 10.8. The Kier molecular flexibility index (Phi) is 1.78. The van der Waals surface area contributed by atoms with Crippen LogP contribution in [0.2, 0.25) is 0 Å². The summed E-state index contributed by atoms with van der Waals surface area (Å²) in [7, 11) is 0. The van der Waals surface area contributed by atoms with E-state index in [4.69, 9.17) is 0 Å². The molecule has 0 aliphatic carbocycles. The summed E-state index contributed by atoms with van der Waals surface area (Å²) in [5, 5.41) is 10.6. The highest BCUT2D eigenvalue weighted by Crippen LogP contribution is 2.11. The molecule has 0 spiro atoms. The topological polar surface area (TPSA) is 41.6 Å². The van der Waals surface area contributed by atoms with Crippen LogP contribution in [0.25, 0.3) is 11.0 Å². The van der Waals surface area contributed by atoms with Crippen molar-refractivity contribution in [3.63, 3.8) is 0 Å². The standard InChI is InChI=1S/C9H11N3/c1-2-3-7-4-5-8-9(6-7)11-12-10-8/h4-6H,2-3H2,1H3,(H,10,11,12). The first-order valence-corrected chi connectivity index (χ1v) is 4.19. The van der Waals surface area contributed by atoms with Gasteiger partial charge in [0.15, 0.2) is 0 Å². The molecule has 1 aromatic carbocycles. The number of aromatic amines is 1. The van der Waals surface area contributed by atoms with E-state index in [0.29, 0.717) is 0 Å². The third-order valence-electron chi connectivity index (χ3n) is 1.92. The molecule has 0 fully saturated rings. The average Bonchev–Trinajstić information content (AvgIpc) is 2.51. The molecule has 0 atom stereocenters. The molecule has 0 saturated heterocycles. The van der Waals surface area contributed by atoms with Crippen molar-refractivity contribution in [2.24, 2.45) is 0 Å². The quantitative estimate of drug-likeness (QED) is 0.731. The SMILES string of the molecule is CCCc1ccc2n[nH]nc2c1. The van der Waals surface area contributed by atoms with Gasteiger partial charge in [-0.05, 0) is 24.1 Å². The summed E-state index contributed by atoms with van der Waals surface area (Å²) in [6.07, 6.45) is 2.28. The lowest BCUT2D eigenvalue weighted by Gasteiger charge is -1.95. The van der Waals surface area contributed by atoms with E-state index >= 15 is 0 Å². The van der Waals surface area contributed by atoms with E-state index in [1.54, 1.807) is 0 Å². The third-order valence-corrected chi connectivity index (χ3v) is 1.92. The van der Waals surface area contributed by atoms with Gasteiger partial charge in [0.2, 0.25) is 0 Å². The van der Waals surface area contributed by atoms with E-state index in [1.165, 1.54) is 12.0 Å². The van der Waals surface area contributed by atoms with Gasteiger partial charge in [0.1, 0.15) is 11.0 Å². The Morgan fingerprint density at radius 1 is 1.25 bits per heavy atom. The molecule has 12 heavy (non-hydrogen) atoms. The largest absolute Gasteiger partial charge is 0.197 e. The van der Waals surface area contributed by atoms with Crippen molar-refractivity contribution in [3.05, 3.63) is 23.8 Å². The number of aryl methyl sites for hydroxylation is 1. The number of rotatable bonds is 2. The molecule has 0 bridgehead atoms. The second-order valence-electron chi connectivity index (χ2n) is 2.90. The fourth-order valence-electron chi connectivity index (χ4n) is 1.33. The van der Waals surface area contributed by atoms with Crippen molar-refractivity contribution < 1.29 is 0 Å². The Morgan fingerprint density at radius 3 is 2.92 bits per heavy atom. The molecule has 0 aliphatic heterocycles. The van der Waals surface area contributed by atoms with Gasteiger partial charge in [-0.3, -0.25) is 0 Å². The van der Waals surface area contributed by atoms with Crippen LogP contribution in [-0.2, 0) is 6.42 Å². The summed E-state index contributed by atoms with van der Waals surface area (Å²) < 4.78 is 0. The Balaban J connectivity index is 2.46. The predicted molar refractivity (Wildman–Crippen MR) is 47.9 cm³/mol. The van der Waals surface area contributed by atoms with Gasteiger partial charge in [-0.15, -0.1) is 0 Å². The van der Waals surface area contributed by atoms with Gasteiger partial charge < -0.3 is 0 Å². The second kappa shape index (κ2) is 2.93. The van der Waals surface area contributed by atoms with E-state index in [2.05, 4.69) is 34.5 Å². The molecule has 1 heterocycles. The van der Waals surface area contributed by atoms with Crippen molar-refractivity contribution in [1.29, 1.82) is 0 Å². The highest BCUT2D eigenvalue weighted by molar-refractivity contribution is 5.74. The lowest BCUT2D eigenvalue weighted by molar-refractivity contribution is 0.922. The second-order valence-corrected chi connectivity index (χ2v) is 2.90. The zero-order valence-electron chi connectivity index (χ0n) is 7.04. The van der Waals surface area contributed by atoms with E-state index in [-0.39, 0.29) is 0 Å². The number of hydrogen-bond acceptors (Lipinski definition) is 2. The maximum absolute atomic E-state index is 4.03. The fraction of sp³-hybridized carbons (Fsp3) is 0.333. The van der Waals surface area contributed by atoms with Crippen molar-refractivity contribution in [3.8, 4) is 0 Å². The van der Waals surface area contributed by atoms with Crippen LogP contribution in [-0.4, -0.2) is 15.4 Å². The van der Waals surface area contributed by atoms with Crippen LogP contribution in [0.3, 0.4) is 0 Å². The molecule has 0 aliphatic rings. The first-order valence-electron chi connectivity index (χ1n) is 4.19. The number of aromatic nitrogens is 3. The van der Waals surface area contributed by atoms with E-state index < -0.39 is 0 Å². The molecular weight excluding hydrogens is 150 g/mol. The summed E-state index contributed by atoms with van der Waals surface area (Å²) in [5.74, 6) is 0. The van der Waals surface area contributed by atoms with Crippen LogP contribution in [0, 0.1) is 0 Å². The highest BCUT2D eigenvalue weighted by Gasteiger charge is 1.97. The lowest BCUT2D eigenvalue weighted by Crippen LogP contribution is -1.81. The van der Waals surface area contributed by atoms with E-state index in [9.17, 15) is 0 Å². The van der Waals surface area contributed by atoms with Crippen molar-refractivity contribution in [2.45, 2.75) is 19.8 Å². The Labute approximate surface area is 70.8 Å². The van der Waals surface area contributed by atoms with Gasteiger partial charge in [-0.25, -0.2) is 0 Å². The Bertz CT molecular complexity index is 378. The van der Waals surface area contributed by atoms with E-state index in [0.717, 1.165) is 17.5 Å². The summed E-state index contributed by atoms with van der Waals surface area (Å²) in [4.78, 5) is 0. The minimum Gasteiger partial charge on any atom is -0.197 e. The molecule has 0 amide bonds. The summed E-state index contributed by atoms with van der Waals surface area (Å²) in [6.45, 7) is 2.17. The maximum Gasteiger partial charge on any atom is 0.113 e. The van der Waals surface area contributed by atoms with Gasteiger partial charge in [0, 0.05) is 0 Å². The summed E-state index contributed by atoms with van der Waals surface area (Å²) in [5.41, 5.74) is 3.23. The van der Waals surface area contributed by atoms with Crippen LogP contribution >= 0.6 is 0 Å². The predicted octanol–water partition coefficient (Wildman–Crippen LogP) is 1.91. The molecule has 1 aromatic heterocycles. The number of H-pyrrole nitrogens is 1. The number of fused-ring (bicyclic) bond motifs is 1. The number of benzene rings is 1. The first-order chi connectivity index (χ1) is 5.90. The highest BCUT2D eigenvalue weighted by atomic mass is 15.3. The van der Waals surface area contributed by atoms with Crippen LogP contribution in [0.5, 0.6) is 0 Å². The zero-order valence-corrected chi connectivity index (χ0v) is 7.04. The number of hydrogen-bond donors (Lipinski definition) is 1. The van der Waals surface area contributed by atoms with E-state index in [1.807, 2.05) is 6.07 Å². The number of nitrogens with zero attached hydrogens (tertiary/aromatic N) is 2. The molecule has 2 rings (SSSR count). The smallest absolute Gasteiger partial charge is 0.113 e. The van der Waals surface area contributed by atoms with Gasteiger partial charge >= 0.3 is 0 Å². The molecule has 0 radical (unpaired) electrons.